The molecule has 0 aliphatic rings. The number of benzene rings is 2. The van der Waals surface area contributed by atoms with Gasteiger partial charge >= 0.3 is 0 Å². The predicted molar refractivity (Wildman–Crippen MR) is 82.5 cm³/mol. The van der Waals surface area contributed by atoms with Crippen molar-refractivity contribution in [3.8, 4) is 0 Å². The van der Waals surface area contributed by atoms with Gasteiger partial charge in [0.1, 0.15) is 0 Å². The van der Waals surface area contributed by atoms with Gasteiger partial charge in [0.25, 0.3) is 0 Å². The molecule has 1 amide bonds. The quantitative estimate of drug-likeness (QED) is 0.875. The van der Waals surface area contributed by atoms with E-state index in [4.69, 9.17) is 5.73 Å². The summed E-state index contributed by atoms with van der Waals surface area (Å²) >= 11 is 0. The molecule has 0 aliphatic carbocycles. The monoisotopic (exact) mass is 268 g/mol. The minimum atomic E-state index is 0.0199. The highest BCUT2D eigenvalue weighted by atomic mass is 16.1. The van der Waals surface area contributed by atoms with Crippen LogP contribution in [-0.4, -0.2) is 5.91 Å². The van der Waals surface area contributed by atoms with Gasteiger partial charge in [0, 0.05) is 18.7 Å². The first-order valence-electron chi connectivity index (χ1n) is 6.82. The summed E-state index contributed by atoms with van der Waals surface area (Å²) in [6.07, 6.45) is 1.22. The van der Waals surface area contributed by atoms with Gasteiger partial charge in [-0.15, -0.1) is 0 Å². The van der Waals surface area contributed by atoms with Gasteiger partial charge in [0.2, 0.25) is 5.91 Å². The van der Waals surface area contributed by atoms with E-state index in [2.05, 4.69) is 36.5 Å². The number of nitrogens with two attached hydrogens (primary N) is 1. The maximum absolute atomic E-state index is 12.0. The zero-order chi connectivity index (χ0) is 14.4. The molecule has 3 N–H and O–H groups in total. The van der Waals surface area contributed by atoms with Gasteiger partial charge in [-0.3, -0.25) is 4.79 Å². The highest BCUT2D eigenvalue weighted by molar-refractivity contribution is 5.91. The normalized spacial score (nSPS) is 10.3. The zero-order valence-electron chi connectivity index (χ0n) is 11.7. The lowest BCUT2D eigenvalue weighted by Crippen LogP contribution is -2.14. The fourth-order valence-corrected chi connectivity index (χ4v) is 2.05. The number of rotatable bonds is 5. The summed E-state index contributed by atoms with van der Waals surface area (Å²) in [6.45, 7) is 2.48. The van der Waals surface area contributed by atoms with Crippen molar-refractivity contribution >= 4 is 11.6 Å². The third-order valence-electron chi connectivity index (χ3n) is 3.27. The summed E-state index contributed by atoms with van der Waals surface area (Å²) in [4.78, 5) is 12.0. The van der Waals surface area contributed by atoms with Gasteiger partial charge in [-0.2, -0.15) is 0 Å². The number of amides is 1. The third-order valence-corrected chi connectivity index (χ3v) is 3.27. The second-order valence-corrected chi connectivity index (χ2v) is 4.90. The van der Waals surface area contributed by atoms with Crippen LogP contribution in [0.3, 0.4) is 0 Å². The van der Waals surface area contributed by atoms with Gasteiger partial charge in [0.05, 0.1) is 0 Å². The van der Waals surface area contributed by atoms with Crippen molar-refractivity contribution in [3.05, 3.63) is 65.2 Å². The Morgan fingerprint density at radius 1 is 1.10 bits per heavy atom. The molecule has 0 saturated carbocycles. The second kappa shape index (κ2) is 6.87. The number of hydrogen-bond donors (Lipinski definition) is 2. The second-order valence-electron chi connectivity index (χ2n) is 4.90. The molecule has 0 radical (unpaired) electrons. The summed E-state index contributed by atoms with van der Waals surface area (Å²) in [6, 6.07) is 15.9. The molecular formula is C17H20N2O. The zero-order valence-corrected chi connectivity index (χ0v) is 11.7. The average Bonchev–Trinajstić information content (AvgIpc) is 2.47. The maximum Gasteiger partial charge on any atom is 0.224 e. The van der Waals surface area contributed by atoms with Crippen molar-refractivity contribution in [1.82, 2.24) is 0 Å². The summed E-state index contributed by atoms with van der Waals surface area (Å²) < 4.78 is 0. The average molecular weight is 268 g/mol. The minimum absolute atomic E-state index is 0.0199. The molecule has 2 rings (SSSR count). The van der Waals surface area contributed by atoms with Crippen molar-refractivity contribution < 1.29 is 4.79 Å². The van der Waals surface area contributed by atoms with Crippen LogP contribution in [0.5, 0.6) is 0 Å². The predicted octanol–water partition coefficient (Wildman–Crippen LogP) is 3.03. The molecule has 3 nitrogen and oxygen atoms in total. The van der Waals surface area contributed by atoms with Crippen LogP contribution < -0.4 is 11.1 Å². The molecule has 0 aromatic heterocycles. The van der Waals surface area contributed by atoms with Crippen molar-refractivity contribution in [3.63, 3.8) is 0 Å². The van der Waals surface area contributed by atoms with Crippen LogP contribution in [-0.2, 0) is 17.8 Å². The molecule has 3 heteroatoms. The molecule has 20 heavy (non-hydrogen) atoms. The van der Waals surface area contributed by atoms with Crippen LogP contribution in [0.2, 0.25) is 0 Å². The Labute approximate surface area is 119 Å². The Balaban J connectivity index is 1.91. The number of para-hydroxylation sites is 1. The molecule has 0 bridgehead atoms. The van der Waals surface area contributed by atoms with E-state index in [0.717, 1.165) is 17.7 Å². The van der Waals surface area contributed by atoms with Gasteiger partial charge in [-0.25, -0.2) is 0 Å². The van der Waals surface area contributed by atoms with Gasteiger partial charge in [0.15, 0.2) is 0 Å². The molecule has 0 heterocycles. The van der Waals surface area contributed by atoms with Crippen molar-refractivity contribution in [1.29, 1.82) is 0 Å². The summed E-state index contributed by atoms with van der Waals surface area (Å²) in [5.74, 6) is 0.0199. The molecule has 0 spiro atoms. The number of anilines is 1. The summed E-state index contributed by atoms with van der Waals surface area (Å²) in [5, 5.41) is 2.92. The summed E-state index contributed by atoms with van der Waals surface area (Å²) in [7, 11) is 0. The lowest BCUT2D eigenvalue weighted by Gasteiger charge is -2.09. The van der Waals surface area contributed by atoms with E-state index in [1.165, 1.54) is 11.1 Å². The van der Waals surface area contributed by atoms with Gasteiger partial charge < -0.3 is 11.1 Å². The highest BCUT2D eigenvalue weighted by Gasteiger charge is 2.06. The Hall–Kier alpha value is -2.13. The maximum atomic E-state index is 12.0. The number of carbonyl (C=O) groups is 1. The first kappa shape index (κ1) is 14.3. The number of hydrogen-bond acceptors (Lipinski definition) is 2. The first-order chi connectivity index (χ1) is 9.69. The number of carbonyl (C=O) groups excluding carboxylic acids is 1. The van der Waals surface area contributed by atoms with E-state index in [9.17, 15) is 4.79 Å². The largest absolute Gasteiger partial charge is 0.326 e. The molecular weight excluding hydrogens is 248 g/mol. The van der Waals surface area contributed by atoms with Gasteiger partial charge in [-0.1, -0.05) is 48.0 Å². The molecule has 0 fully saturated rings. The van der Waals surface area contributed by atoms with Crippen molar-refractivity contribution in [2.24, 2.45) is 5.73 Å². The SMILES string of the molecule is Cc1ccc(CCC(=O)Nc2ccccc2CN)cc1. The standard InChI is InChI=1S/C17H20N2O/c1-13-6-8-14(9-7-13)10-11-17(20)19-16-5-3-2-4-15(16)12-18/h2-9H,10-12,18H2,1H3,(H,19,20). The number of nitrogens with one attached hydrogen (secondary N) is 1. The highest BCUT2D eigenvalue weighted by Crippen LogP contribution is 2.15. The van der Waals surface area contributed by atoms with Crippen molar-refractivity contribution in [2.75, 3.05) is 5.32 Å². The molecule has 0 atom stereocenters. The van der Waals surface area contributed by atoms with Crippen molar-refractivity contribution in [2.45, 2.75) is 26.3 Å². The molecule has 0 aliphatic heterocycles. The van der Waals surface area contributed by atoms with E-state index < -0.39 is 0 Å². The molecule has 2 aromatic carbocycles. The van der Waals surface area contributed by atoms with E-state index in [1.807, 2.05) is 24.3 Å². The molecule has 2 aromatic rings. The van der Waals surface area contributed by atoms with E-state index in [0.29, 0.717) is 13.0 Å². The minimum Gasteiger partial charge on any atom is -0.326 e. The van der Waals surface area contributed by atoms with Crippen LogP contribution in [0.1, 0.15) is 23.1 Å². The number of aryl methyl sites for hydroxylation is 2. The Kier molecular flexibility index (Phi) is 4.91. The first-order valence-corrected chi connectivity index (χ1v) is 6.82. The van der Waals surface area contributed by atoms with Crippen LogP contribution >= 0.6 is 0 Å². The lowest BCUT2D eigenvalue weighted by atomic mass is 10.1. The topological polar surface area (TPSA) is 55.1 Å². The third kappa shape index (κ3) is 3.93. The molecule has 0 unspecified atom stereocenters. The fourth-order valence-electron chi connectivity index (χ4n) is 2.05. The van der Waals surface area contributed by atoms with Crippen LogP contribution in [0.15, 0.2) is 48.5 Å². The van der Waals surface area contributed by atoms with Gasteiger partial charge in [-0.05, 0) is 30.5 Å². The van der Waals surface area contributed by atoms with Crippen LogP contribution in [0.4, 0.5) is 5.69 Å². The van der Waals surface area contributed by atoms with E-state index >= 15 is 0 Å². The Morgan fingerprint density at radius 3 is 2.50 bits per heavy atom. The van der Waals surface area contributed by atoms with E-state index in [-0.39, 0.29) is 5.91 Å². The lowest BCUT2D eigenvalue weighted by molar-refractivity contribution is -0.116. The van der Waals surface area contributed by atoms with Crippen LogP contribution in [0.25, 0.3) is 0 Å². The fraction of sp³-hybridized carbons (Fsp3) is 0.235. The molecule has 104 valence electrons. The van der Waals surface area contributed by atoms with E-state index in [1.54, 1.807) is 0 Å². The smallest absolute Gasteiger partial charge is 0.224 e. The van der Waals surface area contributed by atoms with Crippen LogP contribution in [0, 0.1) is 6.92 Å². The Bertz CT molecular complexity index is 576. The summed E-state index contributed by atoms with van der Waals surface area (Å²) in [5.41, 5.74) is 9.83. The Morgan fingerprint density at radius 2 is 1.80 bits per heavy atom. The molecule has 0 saturated heterocycles.